The van der Waals surface area contributed by atoms with E-state index in [1.54, 1.807) is 18.3 Å². The highest BCUT2D eigenvalue weighted by atomic mass is 35.5. The summed E-state index contributed by atoms with van der Waals surface area (Å²) >= 11 is 0. The van der Waals surface area contributed by atoms with Crippen molar-refractivity contribution in [3.63, 3.8) is 0 Å². The van der Waals surface area contributed by atoms with Gasteiger partial charge in [-0.2, -0.15) is 0 Å². The lowest BCUT2D eigenvalue weighted by Crippen LogP contribution is -2.12. The van der Waals surface area contributed by atoms with Gasteiger partial charge in [-0.15, -0.1) is 12.4 Å². The number of hydrogen-bond acceptors (Lipinski definition) is 4. The van der Waals surface area contributed by atoms with E-state index < -0.39 is 10.8 Å². The molecule has 19 heavy (non-hydrogen) atoms. The molecule has 1 heterocycles. The smallest absolute Gasteiger partial charge is 0.270 e. The number of aromatic nitrogens is 1. The van der Waals surface area contributed by atoms with Crippen LogP contribution >= 0.6 is 12.4 Å². The average Bonchev–Trinajstić information content (AvgIpc) is 2.40. The van der Waals surface area contributed by atoms with E-state index >= 15 is 0 Å². The maximum atomic E-state index is 11.8. The normalized spacial score (nSPS) is 9.26. The zero-order valence-corrected chi connectivity index (χ0v) is 10.5. The van der Waals surface area contributed by atoms with Crippen LogP contribution in [0.3, 0.4) is 0 Å². The van der Waals surface area contributed by atoms with Crippen molar-refractivity contribution in [2.75, 3.05) is 5.32 Å². The molecule has 0 aliphatic heterocycles. The maximum absolute atomic E-state index is 11.8. The van der Waals surface area contributed by atoms with Crippen LogP contribution in [0, 0.1) is 10.1 Å². The minimum absolute atomic E-state index is 0. The number of carbonyl (C=O) groups excluding carboxylic acids is 1. The van der Waals surface area contributed by atoms with E-state index in [4.69, 9.17) is 0 Å². The van der Waals surface area contributed by atoms with Crippen LogP contribution in [0.15, 0.2) is 48.8 Å². The fourth-order valence-corrected chi connectivity index (χ4v) is 1.40. The highest BCUT2D eigenvalue weighted by molar-refractivity contribution is 6.04. The van der Waals surface area contributed by atoms with Gasteiger partial charge < -0.3 is 5.32 Å². The molecule has 0 radical (unpaired) electrons. The molecule has 0 saturated heterocycles. The van der Waals surface area contributed by atoms with Crippen molar-refractivity contribution < 1.29 is 9.72 Å². The van der Waals surface area contributed by atoms with Crippen LogP contribution in [0.2, 0.25) is 0 Å². The molecule has 1 amide bonds. The number of nitrogens with one attached hydrogen (secondary N) is 1. The molecular weight excluding hydrogens is 270 g/mol. The Morgan fingerprint density at radius 1 is 1.26 bits per heavy atom. The monoisotopic (exact) mass is 279 g/mol. The summed E-state index contributed by atoms with van der Waals surface area (Å²) in [7, 11) is 0. The first-order chi connectivity index (χ1) is 8.66. The standard InChI is InChI=1S/C12H9N3O3.ClH/c16-12(14-10-4-2-6-13-8-10)9-3-1-5-11(7-9)15(17)18;/h1-8H,(H,14,16);1H. The van der Waals surface area contributed by atoms with Crippen LogP contribution in [0.1, 0.15) is 10.4 Å². The SMILES string of the molecule is Cl.O=C(Nc1cccnc1)c1cccc([N+](=O)[O-])c1. The summed E-state index contributed by atoms with van der Waals surface area (Å²) in [5, 5.41) is 13.2. The highest BCUT2D eigenvalue weighted by Crippen LogP contribution is 2.14. The second-order valence-electron chi connectivity index (χ2n) is 3.50. The number of anilines is 1. The lowest BCUT2D eigenvalue weighted by molar-refractivity contribution is -0.384. The number of pyridine rings is 1. The van der Waals surface area contributed by atoms with E-state index in [2.05, 4.69) is 10.3 Å². The van der Waals surface area contributed by atoms with Crippen molar-refractivity contribution in [2.45, 2.75) is 0 Å². The molecule has 98 valence electrons. The molecule has 0 spiro atoms. The Morgan fingerprint density at radius 2 is 2.05 bits per heavy atom. The molecule has 0 fully saturated rings. The summed E-state index contributed by atoms with van der Waals surface area (Å²) in [6, 6.07) is 8.91. The Hall–Kier alpha value is -2.47. The van der Waals surface area contributed by atoms with Gasteiger partial charge in [-0.3, -0.25) is 19.9 Å². The van der Waals surface area contributed by atoms with Crippen LogP contribution in [0.5, 0.6) is 0 Å². The van der Waals surface area contributed by atoms with E-state index in [1.165, 1.54) is 30.5 Å². The van der Waals surface area contributed by atoms with Crippen molar-refractivity contribution >= 4 is 29.7 Å². The molecule has 0 aliphatic rings. The highest BCUT2D eigenvalue weighted by Gasteiger charge is 2.11. The van der Waals surface area contributed by atoms with Crippen LogP contribution in [-0.2, 0) is 0 Å². The topological polar surface area (TPSA) is 85.1 Å². The lowest BCUT2D eigenvalue weighted by atomic mass is 10.2. The molecule has 7 heteroatoms. The Morgan fingerprint density at radius 3 is 2.68 bits per heavy atom. The summed E-state index contributed by atoms with van der Waals surface area (Å²) in [6.45, 7) is 0. The van der Waals surface area contributed by atoms with Gasteiger partial charge in [0, 0.05) is 23.9 Å². The quantitative estimate of drug-likeness (QED) is 0.691. The van der Waals surface area contributed by atoms with Gasteiger partial charge in [0.25, 0.3) is 11.6 Å². The average molecular weight is 280 g/mol. The summed E-state index contributed by atoms with van der Waals surface area (Å²) in [4.78, 5) is 25.7. The van der Waals surface area contributed by atoms with Gasteiger partial charge in [0.2, 0.25) is 0 Å². The number of nitro groups is 1. The second-order valence-corrected chi connectivity index (χ2v) is 3.50. The fourth-order valence-electron chi connectivity index (χ4n) is 1.40. The van der Waals surface area contributed by atoms with Gasteiger partial charge in [-0.05, 0) is 18.2 Å². The fraction of sp³-hybridized carbons (Fsp3) is 0. The van der Waals surface area contributed by atoms with Crippen LogP contribution in [0.25, 0.3) is 0 Å². The van der Waals surface area contributed by atoms with Crippen molar-refractivity contribution in [3.05, 3.63) is 64.5 Å². The minimum Gasteiger partial charge on any atom is -0.321 e. The Kier molecular flexibility index (Phi) is 4.96. The number of amides is 1. The number of nitrogens with zero attached hydrogens (tertiary/aromatic N) is 2. The summed E-state index contributed by atoms with van der Waals surface area (Å²) in [5.41, 5.74) is 0.649. The first-order valence-electron chi connectivity index (χ1n) is 5.12. The summed E-state index contributed by atoms with van der Waals surface area (Å²) in [5.74, 6) is -0.410. The molecular formula is C12H10ClN3O3. The molecule has 1 aromatic heterocycles. The van der Waals surface area contributed by atoms with Crippen molar-refractivity contribution in [3.8, 4) is 0 Å². The number of benzene rings is 1. The number of nitro benzene ring substituents is 1. The molecule has 0 atom stereocenters. The molecule has 1 aromatic carbocycles. The van der Waals surface area contributed by atoms with Crippen LogP contribution in [0.4, 0.5) is 11.4 Å². The number of hydrogen-bond donors (Lipinski definition) is 1. The van der Waals surface area contributed by atoms with E-state index in [0.29, 0.717) is 5.69 Å². The number of rotatable bonds is 3. The molecule has 1 N–H and O–H groups in total. The lowest BCUT2D eigenvalue weighted by Gasteiger charge is -2.04. The van der Waals surface area contributed by atoms with Gasteiger partial charge in [0.15, 0.2) is 0 Å². The van der Waals surface area contributed by atoms with Gasteiger partial charge in [0.1, 0.15) is 0 Å². The van der Waals surface area contributed by atoms with Gasteiger partial charge >= 0.3 is 0 Å². The van der Waals surface area contributed by atoms with Gasteiger partial charge in [0.05, 0.1) is 16.8 Å². The molecule has 0 saturated carbocycles. The predicted molar refractivity (Wildman–Crippen MR) is 72.5 cm³/mol. The molecule has 0 unspecified atom stereocenters. The summed E-state index contributed by atoms with van der Waals surface area (Å²) in [6.07, 6.45) is 3.08. The first-order valence-corrected chi connectivity index (χ1v) is 5.12. The van der Waals surface area contributed by atoms with E-state index in [1.807, 2.05) is 0 Å². The number of non-ortho nitro benzene ring substituents is 1. The molecule has 2 rings (SSSR count). The number of carbonyl (C=O) groups is 1. The van der Waals surface area contributed by atoms with Crippen molar-refractivity contribution in [1.29, 1.82) is 0 Å². The Balaban J connectivity index is 0.00000180. The predicted octanol–water partition coefficient (Wildman–Crippen LogP) is 2.66. The van der Waals surface area contributed by atoms with Gasteiger partial charge in [-0.25, -0.2) is 0 Å². The van der Waals surface area contributed by atoms with E-state index in [-0.39, 0.29) is 23.7 Å². The van der Waals surface area contributed by atoms with E-state index in [0.717, 1.165) is 0 Å². The third-order valence-electron chi connectivity index (χ3n) is 2.24. The van der Waals surface area contributed by atoms with Gasteiger partial charge in [-0.1, -0.05) is 6.07 Å². The number of halogens is 1. The third kappa shape index (κ3) is 3.75. The van der Waals surface area contributed by atoms with Crippen molar-refractivity contribution in [2.24, 2.45) is 0 Å². The molecule has 0 bridgehead atoms. The van der Waals surface area contributed by atoms with Crippen LogP contribution in [-0.4, -0.2) is 15.8 Å². The third-order valence-corrected chi connectivity index (χ3v) is 2.24. The summed E-state index contributed by atoms with van der Waals surface area (Å²) < 4.78 is 0. The largest absolute Gasteiger partial charge is 0.321 e. The molecule has 2 aromatic rings. The maximum Gasteiger partial charge on any atom is 0.270 e. The zero-order chi connectivity index (χ0) is 13.0. The Labute approximate surface area is 115 Å². The zero-order valence-electron chi connectivity index (χ0n) is 9.65. The van der Waals surface area contributed by atoms with Crippen molar-refractivity contribution in [1.82, 2.24) is 4.98 Å². The first kappa shape index (κ1) is 14.6. The molecule has 6 nitrogen and oxygen atoms in total. The minimum atomic E-state index is -0.541. The second kappa shape index (κ2) is 6.46. The van der Waals surface area contributed by atoms with Crippen LogP contribution < -0.4 is 5.32 Å². The molecule has 0 aliphatic carbocycles. The Bertz CT molecular complexity index is 590. The van der Waals surface area contributed by atoms with E-state index in [9.17, 15) is 14.9 Å².